The lowest BCUT2D eigenvalue weighted by Gasteiger charge is -2.36. The van der Waals surface area contributed by atoms with E-state index in [0.29, 0.717) is 13.1 Å². The summed E-state index contributed by atoms with van der Waals surface area (Å²) >= 11 is 0. The van der Waals surface area contributed by atoms with Crippen molar-refractivity contribution in [2.75, 3.05) is 46.3 Å². The molecule has 1 amide bonds. The molecule has 0 aromatic carbocycles. The quantitative estimate of drug-likeness (QED) is 0.507. The monoisotopic (exact) mass is 360 g/mol. The number of hydrazone groups is 1. The fourth-order valence-electron chi connectivity index (χ4n) is 3.01. The summed E-state index contributed by atoms with van der Waals surface area (Å²) in [6.45, 7) is 4.76. The molecule has 2 aliphatic rings. The summed E-state index contributed by atoms with van der Waals surface area (Å²) < 4.78 is 0. The molecule has 1 aromatic heterocycles. The van der Waals surface area contributed by atoms with Crippen LogP contribution in [-0.2, 0) is 4.79 Å². The van der Waals surface area contributed by atoms with Crippen LogP contribution in [0.5, 0.6) is 0 Å². The topological polar surface area (TPSA) is 110 Å². The minimum absolute atomic E-state index is 0.0332. The third-order valence-electron chi connectivity index (χ3n) is 4.55. The minimum atomic E-state index is 0.0332. The first kappa shape index (κ1) is 18.5. The molecule has 3 rings (SSSR count). The van der Waals surface area contributed by atoms with Crippen molar-refractivity contribution in [1.82, 2.24) is 31.2 Å². The van der Waals surface area contributed by atoms with Gasteiger partial charge in [-0.3, -0.25) is 14.9 Å². The number of aromatic amines is 1. The number of rotatable bonds is 7. The number of amides is 1. The predicted molar refractivity (Wildman–Crippen MR) is 102 cm³/mol. The van der Waals surface area contributed by atoms with Crippen molar-refractivity contribution >= 4 is 23.1 Å². The first-order valence-corrected chi connectivity index (χ1v) is 9.29. The van der Waals surface area contributed by atoms with Gasteiger partial charge in [0.2, 0.25) is 5.91 Å². The van der Waals surface area contributed by atoms with E-state index in [9.17, 15) is 4.79 Å². The van der Waals surface area contributed by atoms with Crippen molar-refractivity contribution in [3.8, 4) is 0 Å². The number of carbonyl (C=O) groups excluding carboxylic acids is 1. The molecule has 142 valence electrons. The van der Waals surface area contributed by atoms with Crippen LogP contribution < -0.4 is 16.0 Å². The van der Waals surface area contributed by atoms with E-state index in [2.05, 4.69) is 31.1 Å². The summed E-state index contributed by atoms with van der Waals surface area (Å²) in [5.74, 6) is 0.911. The standard InChI is InChI=1S/C17H28N8O/c1-18-6-2-7-20-17(26)13-11-25(12-13)24-15-4-9-19-8-3-14(15)22-16-5-10-21-23-16/h5,10,13,18-19H,2-4,6-9,11-12H2,1H3,(H,20,26)(H,21,23). The Bertz CT molecular complexity index is 633. The molecular weight excluding hydrogens is 332 g/mol. The molecule has 2 fully saturated rings. The zero-order valence-electron chi connectivity index (χ0n) is 15.3. The maximum absolute atomic E-state index is 12.1. The SMILES string of the molecule is CNCCCNC(=O)C1CN(N=C2CCNCCC2=Nc2ccn[nH]2)C1. The lowest BCUT2D eigenvalue weighted by atomic mass is 10.0. The summed E-state index contributed by atoms with van der Waals surface area (Å²) in [4.78, 5) is 16.8. The Kier molecular flexibility index (Phi) is 6.73. The van der Waals surface area contributed by atoms with E-state index >= 15 is 0 Å². The van der Waals surface area contributed by atoms with Crippen LogP contribution in [0.4, 0.5) is 5.82 Å². The summed E-state index contributed by atoms with van der Waals surface area (Å²) in [5, 5.41) is 23.0. The average molecular weight is 360 g/mol. The van der Waals surface area contributed by atoms with Gasteiger partial charge in [0, 0.05) is 51.6 Å². The van der Waals surface area contributed by atoms with Gasteiger partial charge in [0.25, 0.3) is 0 Å². The number of H-pyrrole nitrogens is 1. The van der Waals surface area contributed by atoms with Crippen LogP contribution in [0.2, 0.25) is 0 Å². The van der Waals surface area contributed by atoms with Crippen LogP contribution >= 0.6 is 0 Å². The first-order chi connectivity index (χ1) is 12.8. The molecule has 4 N–H and O–H groups in total. The second kappa shape index (κ2) is 9.44. The van der Waals surface area contributed by atoms with Crippen LogP contribution in [0, 0.1) is 5.92 Å². The smallest absolute Gasteiger partial charge is 0.226 e. The Morgan fingerprint density at radius 3 is 2.85 bits per heavy atom. The highest BCUT2D eigenvalue weighted by Crippen LogP contribution is 2.18. The van der Waals surface area contributed by atoms with Gasteiger partial charge in [-0.05, 0) is 20.0 Å². The van der Waals surface area contributed by atoms with Crippen LogP contribution in [0.3, 0.4) is 0 Å². The second-order valence-corrected chi connectivity index (χ2v) is 6.61. The largest absolute Gasteiger partial charge is 0.356 e. The third-order valence-corrected chi connectivity index (χ3v) is 4.55. The van der Waals surface area contributed by atoms with Crippen molar-refractivity contribution in [3.63, 3.8) is 0 Å². The van der Waals surface area contributed by atoms with Crippen LogP contribution in [0.25, 0.3) is 0 Å². The van der Waals surface area contributed by atoms with Gasteiger partial charge >= 0.3 is 0 Å². The van der Waals surface area contributed by atoms with Crippen molar-refractivity contribution in [1.29, 1.82) is 0 Å². The van der Waals surface area contributed by atoms with Crippen molar-refractivity contribution in [2.45, 2.75) is 19.3 Å². The number of carbonyl (C=O) groups is 1. The maximum Gasteiger partial charge on any atom is 0.226 e. The number of hydrogen-bond donors (Lipinski definition) is 4. The normalized spacial score (nSPS) is 21.7. The van der Waals surface area contributed by atoms with Crippen molar-refractivity contribution < 1.29 is 4.79 Å². The Morgan fingerprint density at radius 2 is 2.12 bits per heavy atom. The number of hydrogen-bond acceptors (Lipinski definition) is 7. The van der Waals surface area contributed by atoms with E-state index in [4.69, 9.17) is 5.10 Å². The number of aromatic nitrogens is 2. The Labute approximate surface area is 153 Å². The van der Waals surface area contributed by atoms with Crippen LogP contribution in [-0.4, -0.2) is 78.9 Å². The molecule has 0 aliphatic carbocycles. The van der Waals surface area contributed by atoms with Crippen LogP contribution in [0.15, 0.2) is 22.4 Å². The van der Waals surface area contributed by atoms with Gasteiger partial charge in [-0.2, -0.15) is 10.2 Å². The molecule has 1 aromatic rings. The molecule has 0 spiro atoms. The molecule has 26 heavy (non-hydrogen) atoms. The molecule has 0 bridgehead atoms. The van der Waals surface area contributed by atoms with E-state index in [1.807, 2.05) is 18.1 Å². The van der Waals surface area contributed by atoms with Gasteiger partial charge < -0.3 is 16.0 Å². The molecular formula is C17H28N8O. The molecule has 3 heterocycles. The van der Waals surface area contributed by atoms with Gasteiger partial charge in [-0.1, -0.05) is 0 Å². The fourth-order valence-corrected chi connectivity index (χ4v) is 3.01. The number of nitrogens with one attached hydrogen (secondary N) is 4. The third kappa shape index (κ3) is 5.12. The Hall–Kier alpha value is -2.26. The van der Waals surface area contributed by atoms with Crippen molar-refractivity contribution in [3.05, 3.63) is 12.3 Å². The second-order valence-electron chi connectivity index (χ2n) is 6.61. The molecule has 9 nitrogen and oxygen atoms in total. The molecule has 9 heteroatoms. The summed E-state index contributed by atoms with van der Waals surface area (Å²) in [6.07, 6.45) is 4.31. The van der Waals surface area contributed by atoms with E-state index in [0.717, 1.165) is 62.7 Å². The molecule has 0 atom stereocenters. The van der Waals surface area contributed by atoms with E-state index in [1.54, 1.807) is 6.20 Å². The van der Waals surface area contributed by atoms with Crippen molar-refractivity contribution in [2.24, 2.45) is 16.0 Å². The highest BCUT2D eigenvalue weighted by Gasteiger charge is 2.32. The Morgan fingerprint density at radius 1 is 1.31 bits per heavy atom. The van der Waals surface area contributed by atoms with E-state index < -0.39 is 0 Å². The lowest BCUT2D eigenvalue weighted by Crippen LogP contribution is -2.51. The van der Waals surface area contributed by atoms with Crippen LogP contribution in [0.1, 0.15) is 19.3 Å². The first-order valence-electron chi connectivity index (χ1n) is 9.29. The van der Waals surface area contributed by atoms with Gasteiger partial charge in [0.05, 0.1) is 23.5 Å². The molecule has 0 unspecified atom stereocenters. The predicted octanol–water partition coefficient (Wildman–Crippen LogP) is -0.121. The highest BCUT2D eigenvalue weighted by molar-refractivity contribution is 6.43. The van der Waals surface area contributed by atoms with Gasteiger partial charge in [-0.25, -0.2) is 4.99 Å². The maximum atomic E-state index is 12.1. The molecule has 0 radical (unpaired) electrons. The minimum Gasteiger partial charge on any atom is -0.356 e. The summed E-state index contributed by atoms with van der Waals surface area (Å²) in [6, 6.07) is 1.85. The lowest BCUT2D eigenvalue weighted by molar-refractivity contribution is -0.130. The number of aliphatic imine (C=N–C) groups is 1. The fraction of sp³-hybridized carbons (Fsp3) is 0.647. The summed E-state index contributed by atoms with van der Waals surface area (Å²) in [7, 11) is 1.91. The number of nitrogens with zero attached hydrogens (tertiary/aromatic N) is 4. The molecule has 2 aliphatic heterocycles. The van der Waals surface area contributed by atoms with E-state index in [1.165, 1.54) is 0 Å². The molecule has 2 saturated heterocycles. The highest BCUT2D eigenvalue weighted by atomic mass is 16.2. The Balaban J connectivity index is 1.54. The van der Waals surface area contributed by atoms with Gasteiger partial charge in [0.15, 0.2) is 0 Å². The van der Waals surface area contributed by atoms with Gasteiger partial charge in [0.1, 0.15) is 5.82 Å². The zero-order valence-corrected chi connectivity index (χ0v) is 15.3. The molecule has 0 saturated carbocycles. The average Bonchev–Trinajstić information content (AvgIpc) is 3.01. The summed E-state index contributed by atoms with van der Waals surface area (Å²) in [5.41, 5.74) is 1.98. The van der Waals surface area contributed by atoms with E-state index in [-0.39, 0.29) is 11.8 Å². The van der Waals surface area contributed by atoms with Gasteiger partial charge in [-0.15, -0.1) is 0 Å². The zero-order chi connectivity index (χ0) is 18.2.